The van der Waals surface area contributed by atoms with Gasteiger partial charge < -0.3 is 15.0 Å². The summed E-state index contributed by atoms with van der Waals surface area (Å²) in [6.45, 7) is 0.973. The van der Waals surface area contributed by atoms with Gasteiger partial charge in [0, 0.05) is 11.3 Å². The first-order chi connectivity index (χ1) is 11.0. The van der Waals surface area contributed by atoms with Crippen LogP contribution in [0.5, 0.6) is 5.75 Å². The van der Waals surface area contributed by atoms with Gasteiger partial charge in [-0.1, -0.05) is 23.7 Å². The SMILES string of the molecule is COc1cccc(C[NH+](C)CC(=O)Nc2ccc(F)c(Cl)c2)c1. The number of benzene rings is 2. The van der Waals surface area contributed by atoms with E-state index in [1.165, 1.54) is 18.2 Å². The Morgan fingerprint density at radius 2 is 2.09 bits per heavy atom. The van der Waals surface area contributed by atoms with E-state index in [4.69, 9.17) is 16.3 Å². The predicted octanol–water partition coefficient (Wildman–Crippen LogP) is 2.14. The average Bonchev–Trinajstić information content (AvgIpc) is 2.51. The molecule has 6 heteroatoms. The van der Waals surface area contributed by atoms with Crippen molar-refractivity contribution >= 4 is 23.2 Å². The summed E-state index contributed by atoms with van der Waals surface area (Å²) in [5.41, 5.74) is 1.56. The fraction of sp³-hybridized carbons (Fsp3) is 0.235. The number of nitrogens with one attached hydrogen (secondary N) is 2. The first-order valence-electron chi connectivity index (χ1n) is 7.17. The molecule has 4 nitrogen and oxygen atoms in total. The second-order valence-corrected chi connectivity index (χ2v) is 5.75. The number of halogens is 2. The van der Waals surface area contributed by atoms with Gasteiger partial charge in [-0.25, -0.2) is 4.39 Å². The third-order valence-electron chi connectivity index (χ3n) is 3.31. The highest BCUT2D eigenvalue weighted by Gasteiger charge is 2.12. The molecule has 2 rings (SSSR count). The number of amides is 1. The van der Waals surface area contributed by atoms with Crippen molar-refractivity contribution < 1.29 is 18.8 Å². The maximum atomic E-state index is 13.1. The Hall–Kier alpha value is -2.11. The van der Waals surface area contributed by atoms with Crippen molar-refractivity contribution in [2.75, 3.05) is 26.0 Å². The van der Waals surface area contributed by atoms with Crippen LogP contribution < -0.4 is 15.0 Å². The maximum absolute atomic E-state index is 13.1. The molecule has 1 atom stereocenters. The molecule has 2 aromatic rings. The number of ether oxygens (including phenoxy) is 1. The minimum Gasteiger partial charge on any atom is -0.497 e. The number of anilines is 1. The number of carbonyl (C=O) groups excluding carboxylic acids is 1. The number of carbonyl (C=O) groups is 1. The van der Waals surface area contributed by atoms with Crippen molar-refractivity contribution in [3.8, 4) is 5.75 Å². The number of quaternary nitrogens is 1. The largest absolute Gasteiger partial charge is 0.497 e. The Kier molecular flexibility index (Phi) is 5.96. The van der Waals surface area contributed by atoms with E-state index >= 15 is 0 Å². The zero-order valence-electron chi connectivity index (χ0n) is 13.0. The van der Waals surface area contributed by atoms with Crippen molar-refractivity contribution in [3.05, 3.63) is 58.9 Å². The second kappa shape index (κ2) is 7.94. The third kappa shape index (κ3) is 5.23. The van der Waals surface area contributed by atoms with Crippen molar-refractivity contribution in [2.24, 2.45) is 0 Å². The number of hydrogen-bond acceptors (Lipinski definition) is 2. The van der Waals surface area contributed by atoms with Crippen molar-refractivity contribution in [2.45, 2.75) is 6.54 Å². The summed E-state index contributed by atoms with van der Waals surface area (Å²) in [6.07, 6.45) is 0. The number of likely N-dealkylation sites (N-methyl/N-ethyl adjacent to an activating group) is 1. The summed E-state index contributed by atoms with van der Waals surface area (Å²) in [7, 11) is 3.55. The van der Waals surface area contributed by atoms with Gasteiger partial charge in [0.05, 0.1) is 19.2 Å². The van der Waals surface area contributed by atoms with Crippen LogP contribution in [0, 0.1) is 5.82 Å². The van der Waals surface area contributed by atoms with Gasteiger partial charge in [0.25, 0.3) is 5.91 Å². The normalized spacial score (nSPS) is 11.8. The van der Waals surface area contributed by atoms with E-state index in [-0.39, 0.29) is 17.5 Å². The minimum atomic E-state index is -0.509. The van der Waals surface area contributed by atoms with E-state index in [0.29, 0.717) is 12.2 Å². The molecule has 0 aromatic heterocycles. The van der Waals surface area contributed by atoms with Crippen LogP contribution in [0.25, 0.3) is 0 Å². The quantitative estimate of drug-likeness (QED) is 0.848. The summed E-state index contributed by atoms with van der Waals surface area (Å²) in [6, 6.07) is 11.8. The van der Waals surface area contributed by atoms with Crippen LogP contribution in [0.15, 0.2) is 42.5 Å². The first-order valence-corrected chi connectivity index (χ1v) is 7.55. The molecule has 23 heavy (non-hydrogen) atoms. The molecule has 0 aliphatic heterocycles. The van der Waals surface area contributed by atoms with Crippen LogP contribution in [0.1, 0.15) is 5.56 Å². The van der Waals surface area contributed by atoms with E-state index in [2.05, 4.69) is 5.32 Å². The lowest BCUT2D eigenvalue weighted by Crippen LogP contribution is -3.08. The summed E-state index contributed by atoms with van der Waals surface area (Å²) >= 11 is 5.70. The summed E-state index contributed by atoms with van der Waals surface area (Å²) in [5, 5.41) is 2.70. The molecule has 0 bridgehead atoms. The molecule has 0 saturated carbocycles. The number of rotatable bonds is 6. The van der Waals surface area contributed by atoms with E-state index < -0.39 is 5.82 Å². The van der Waals surface area contributed by atoms with E-state index in [1.54, 1.807) is 7.11 Å². The molecule has 0 saturated heterocycles. The highest BCUT2D eigenvalue weighted by atomic mass is 35.5. The molecule has 0 radical (unpaired) electrons. The molecule has 1 unspecified atom stereocenters. The molecule has 0 aliphatic rings. The average molecular weight is 338 g/mol. The molecule has 1 amide bonds. The molecule has 2 N–H and O–H groups in total. The topological polar surface area (TPSA) is 42.8 Å². The highest BCUT2D eigenvalue weighted by Crippen LogP contribution is 2.19. The fourth-order valence-corrected chi connectivity index (χ4v) is 2.43. The summed E-state index contributed by atoms with van der Waals surface area (Å²) < 4.78 is 18.3. The Labute approximate surface area is 139 Å². The lowest BCUT2D eigenvalue weighted by Gasteiger charge is -2.14. The van der Waals surface area contributed by atoms with Crippen molar-refractivity contribution in [3.63, 3.8) is 0 Å². The molecule has 0 spiro atoms. The molecule has 0 fully saturated rings. The lowest BCUT2D eigenvalue weighted by atomic mass is 10.2. The zero-order chi connectivity index (χ0) is 16.8. The van der Waals surface area contributed by atoms with Gasteiger partial charge >= 0.3 is 0 Å². The van der Waals surface area contributed by atoms with E-state index in [0.717, 1.165) is 16.2 Å². The Balaban J connectivity index is 1.90. The van der Waals surface area contributed by atoms with Crippen LogP contribution >= 0.6 is 11.6 Å². The third-order valence-corrected chi connectivity index (χ3v) is 3.60. The first kappa shape index (κ1) is 17.2. The lowest BCUT2D eigenvalue weighted by molar-refractivity contribution is -0.885. The van der Waals surface area contributed by atoms with Crippen LogP contribution in [0.3, 0.4) is 0 Å². The predicted molar refractivity (Wildman–Crippen MR) is 88.5 cm³/mol. The second-order valence-electron chi connectivity index (χ2n) is 5.34. The van der Waals surface area contributed by atoms with Crippen LogP contribution in [-0.2, 0) is 11.3 Å². The number of hydrogen-bond donors (Lipinski definition) is 2. The number of methoxy groups -OCH3 is 1. The Morgan fingerprint density at radius 3 is 2.78 bits per heavy atom. The van der Waals surface area contributed by atoms with Crippen LogP contribution in [0.4, 0.5) is 10.1 Å². The summed E-state index contributed by atoms with van der Waals surface area (Å²) in [4.78, 5) is 13.1. The zero-order valence-corrected chi connectivity index (χ0v) is 13.8. The van der Waals surface area contributed by atoms with E-state index in [9.17, 15) is 9.18 Å². The standard InChI is InChI=1S/C17H18ClFN2O2/c1-21(10-12-4-3-5-14(8-12)23-2)11-17(22)20-13-6-7-16(19)15(18)9-13/h3-9H,10-11H2,1-2H3,(H,20,22)/p+1. The highest BCUT2D eigenvalue weighted by molar-refractivity contribution is 6.31. The van der Waals surface area contributed by atoms with Gasteiger partial charge in [0.2, 0.25) is 0 Å². The van der Waals surface area contributed by atoms with Crippen molar-refractivity contribution in [1.29, 1.82) is 0 Å². The van der Waals surface area contributed by atoms with E-state index in [1.807, 2.05) is 31.3 Å². The monoisotopic (exact) mass is 337 g/mol. The molecule has 2 aromatic carbocycles. The van der Waals surface area contributed by atoms with Gasteiger partial charge in [0.15, 0.2) is 6.54 Å². The van der Waals surface area contributed by atoms with Gasteiger partial charge in [0.1, 0.15) is 18.1 Å². The van der Waals surface area contributed by atoms with Crippen molar-refractivity contribution in [1.82, 2.24) is 0 Å². The van der Waals surface area contributed by atoms with Gasteiger partial charge in [-0.2, -0.15) is 0 Å². The Bertz CT molecular complexity index is 694. The molecule has 122 valence electrons. The molecular weight excluding hydrogens is 319 g/mol. The van der Waals surface area contributed by atoms with Gasteiger partial charge in [-0.15, -0.1) is 0 Å². The molecule has 0 heterocycles. The Morgan fingerprint density at radius 1 is 1.30 bits per heavy atom. The van der Waals surface area contributed by atoms with Crippen LogP contribution in [-0.4, -0.2) is 26.6 Å². The van der Waals surface area contributed by atoms with Gasteiger partial charge in [-0.3, -0.25) is 4.79 Å². The van der Waals surface area contributed by atoms with Crippen LogP contribution in [0.2, 0.25) is 5.02 Å². The summed E-state index contributed by atoms with van der Waals surface area (Å²) in [5.74, 6) is 0.124. The van der Waals surface area contributed by atoms with Gasteiger partial charge in [-0.05, 0) is 30.3 Å². The molecule has 0 aliphatic carbocycles. The maximum Gasteiger partial charge on any atom is 0.279 e. The molecular formula is C17H19ClFN2O2+. The smallest absolute Gasteiger partial charge is 0.279 e. The minimum absolute atomic E-state index is 0.0140. The fourth-order valence-electron chi connectivity index (χ4n) is 2.25.